The van der Waals surface area contributed by atoms with E-state index in [1.54, 1.807) is 13.8 Å². The van der Waals surface area contributed by atoms with Gasteiger partial charge in [-0.3, -0.25) is 4.79 Å². The number of pyridine rings is 1. The fraction of sp³-hybridized carbons (Fsp3) is 0.625. The van der Waals surface area contributed by atoms with Crippen molar-refractivity contribution in [1.82, 2.24) is 15.2 Å². The summed E-state index contributed by atoms with van der Waals surface area (Å²) in [7, 11) is 2.08. The first-order valence-electron chi connectivity index (χ1n) is 7.71. The van der Waals surface area contributed by atoms with E-state index in [-0.39, 0.29) is 29.5 Å². The minimum Gasteiger partial charge on any atom is -0.475 e. The third-order valence-corrected chi connectivity index (χ3v) is 4.28. The van der Waals surface area contributed by atoms with Crippen LogP contribution in [0.1, 0.15) is 26.7 Å². The summed E-state index contributed by atoms with van der Waals surface area (Å²) < 4.78 is 18.5. The minimum atomic E-state index is -0.733. The van der Waals surface area contributed by atoms with Crippen molar-refractivity contribution >= 4 is 17.5 Å². The Morgan fingerprint density at radius 2 is 2.17 bits per heavy atom. The second-order valence-electron chi connectivity index (χ2n) is 6.66. The number of amides is 1. The second-order valence-corrected chi connectivity index (χ2v) is 7.07. The zero-order chi connectivity index (χ0) is 17.0. The van der Waals surface area contributed by atoms with Crippen LogP contribution in [-0.4, -0.2) is 48.6 Å². The number of halogens is 2. The van der Waals surface area contributed by atoms with E-state index in [9.17, 15) is 9.18 Å². The summed E-state index contributed by atoms with van der Waals surface area (Å²) >= 11 is 5.87. The number of rotatable bonds is 5. The Balaban J connectivity index is 1.88. The number of aromatic nitrogens is 1. The molecule has 0 atom stereocenters. The summed E-state index contributed by atoms with van der Waals surface area (Å²) in [6.45, 7) is 5.68. The number of nitrogens with one attached hydrogen (secondary N) is 1. The summed E-state index contributed by atoms with van der Waals surface area (Å²) in [5, 5.41) is 3.17. The number of hydrogen-bond donors (Lipinski definition) is 1. The average Bonchev–Trinajstić information content (AvgIpc) is 2.48. The Bertz CT molecular complexity index is 560. The lowest BCUT2D eigenvalue weighted by Gasteiger charge is -2.32. The zero-order valence-electron chi connectivity index (χ0n) is 13.7. The highest BCUT2D eigenvalue weighted by Crippen LogP contribution is 2.25. The van der Waals surface area contributed by atoms with Gasteiger partial charge in [0.05, 0.1) is 11.6 Å². The third-order valence-electron chi connectivity index (χ3n) is 4.01. The lowest BCUT2D eigenvalue weighted by atomic mass is 9.92. The van der Waals surface area contributed by atoms with Gasteiger partial charge in [-0.1, -0.05) is 11.6 Å². The molecule has 0 aromatic carbocycles. The molecule has 7 heteroatoms. The van der Waals surface area contributed by atoms with E-state index in [0.717, 1.165) is 38.2 Å². The first-order valence-corrected chi connectivity index (χ1v) is 8.09. The normalized spacial score (nSPS) is 17.1. The number of carbonyl (C=O) groups excluding carboxylic acids is 1. The molecule has 0 spiro atoms. The Morgan fingerprint density at radius 3 is 2.78 bits per heavy atom. The summed E-state index contributed by atoms with van der Waals surface area (Å²) in [4.78, 5) is 18.5. The molecule has 1 saturated heterocycles. The van der Waals surface area contributed by atoms with E-state index in [2.05, 4.69) is 22.2 Å². The van der Waals surface area contributed by atoms with Crippen molar-refractivity contribution in [3.05, 3.63) is 23.1 Å². The number of hydrogen-bond acceptors (Lipinski definition) is 4. The Labute approximate surface area is 141 Å². The molecule has 0 saturated carbocycles. The molecule has 1 amide bonds. The van der Waals surface area contributed by atoms with Gasteiger partial charge in [0.2, 0.25) is 11.8 Å². The highest BCUT2D eigenvalue weighted by Gasteiger charge is 2.31. The van der Waals surface area contributed by atoms with Crippen molar-refractivity contribution in [1.29, 1.82) is 0 Å². The first kappa shape index (κ1) is 17.9. The maximum atomic E-state index is 13.0. The van der Waals surface area contributed by atoms with Crippen molar-refractivity contribution < 1.29 is 13.9 Å². The van der Waals surface area contributed by atoms with Crippen LogP contribution < -0.4 is 10.1 Å². The molecule has 2 rings (SSSR count). The number of piperidine rings is 1. The van der Waals surface area contributed by atoms with Crippen LogP contribution in [-0.2, 0) is 4.79 Å². The van der Waals surface area contributed by atoms with Gasteiger partial charge < -0.3 is 15.0 Å². The summed E-state index contributed by atoms with van der Waals surface area (Å²) in [6, 6.07) is 1.33. The predicted octanol–water partition coefficient (Wildman–Crippen LogP) is 2.49. The van der Waals surface area contributed by atoms with Crippen LogP contribution in [0.15, 0.2) is 12.3 Å². The van der Waals surface area contributed by atoms with Crippen LogP contribution in [0.2, 0.25) is 5.02 Å². The van der Waals surface area contributed by atoms with Gasteiger partial charge in [-0.05, 0) is 52.9 Å². The fourth-order valence-corrected chi connectivity index (χ4v) is 2.56. The Kier molecular flexibility index (Phi) is 5.81. The van der Waals surface area contributed by atoms with Crippen molar-refractivity contribution in [3.8, 4) is 5.88 Å². The van der Waals surface area contributed by atoms with Crippen molar-refractivity contribution in [3.63, 3.8) is 0 Å². The van der Waals surface area contributed by atoms with Gasteiger partial charge in [0.25, 0.3) is 0 Å². The summed E-state index contributed by atoms with van der Waals surface area (Å²) in [5.41, 5.74) is -0.733. The molecule has 1 aromatic rings. The maximum absolute atomic E-state index is 13.0. The van der Waals surface area contributed by atoms with Crippen LogP contribution in [0.3, 0.4) is 0 Å². The zero-order valence-corrected chi connectivity index (χ0v) is 14.5. The molecule has 1 aromatic heterocycles. The van der Waals surface area contributed by atoms with E-state index < -0.39 is 11.2 Å². The minimum absolute atomic E-state index is 0.0645. The van der Waals surface area contributed by atoms with Gasteiger partial charge in [-0.25, -0.2) is 9.37 Å². The van der Waals surface area contributed by atoms with Crippen LogP contribution in [0.25, 0.3) is 0 Å². The number of carbonyl (C=O) groups is 1. The molecule has 2 heterocycles. The van der Waals surface area contributed by atoms with Crippen molar-refractivity contribution in [2.45, 2.75) is 32.7 Å². The molecule has 0 unspecified atom stereocenters. The van der Waals surface area contributed by atoms with Crippen LogP contribution in [0, 0.1) is 11.2 Å². The van der Waals surface area contributed by atoms with Gasteiger partial charge in [-0.2, -0.15) is 0 Å². The molecule has 23 heavy (non-hydrogen) atoms. The van der Waals surface area contributed by atoms with Crippen molar-refractivity contribution in [2.24, 2.45) is 5.41 Å². The topological polar surface area (TPSA) is 54.5 Å². The molecule has 1 aliphatic rings. The number of likely N-dealkylation sites (tertiary alicyclic amines) is 1. The molecule has 1 aliphatic heterocycles. The number of nitrogens with zero attached hydrogens (tertiary/aromatic N) is 2. The van der Waals surface area contributed by atoms with E-state index in [0.29, 0.717) is 0 Å². The van der Waals surface area contributed by atoms with E-state index in [1.165, 1.54) is 0 Å². The predicted molar refractivity (Wildman–Crippen MR) is 87.1 cm³/mol. The quantitative estimate of drug-likeness (QED) is 0.892. The Morgan fingerprint density at radius 1 is 1.52 bits per heavy atom. The van der Waals surface area contributed by atoms with Gasteiger partial charge in [-0.15, -0.1) is 0 Å². The second kappa shape index (κ2) is 7.45. The summed E-state index contributed by atoms with van der Waals surface area (Å²) in [6.07, 6.45) is 2.93. The fourth-order valence-electron chi connectivity index (χ4n) is 2.36. The largest absolute Gasteiger partial charge is 0.475 e. The highest BCUT2D eigenvalue weighted by atomic mass is 35.5. The lowest BCUT2D eigenvalue weighted by molar-refractivity contribution is -0.131. The molecule has 0 bridgehead atoms. The van der Waals surface area contributed by atoms with Crippen LogP contribution in [0.4, 0.5) is 4.39 Å². The molecule has 0 radical (unpaired) electrons. The first-order chi connectivity index (χ1) is 10.8. The van der Waals surface area contributed by atoms with Crippen molar-refractivity contribution in [2.75, 3.05) is 26.7 Å². The van der Waals surface area contributed by atoms with E-state index >= 15 is 0 Å². The summed E-state index contributed by atoms with van der Waals surface area (Å²) in [5.74, 6) is -0.458. The highest BCUT2D eigenvalue weighted by molar-refractivity contribution is 6.31. The van der Waals surface area contributed by atoms with Crippen LogP contribution >= 0.6 is 11.6 Å². The monoisotopic (exact) mass is 343 g/mol. The Hall–Kier alpha value is -1.40. The van der Waals surface area contributed by atoms with Gasteiger partial charge in [0, 0.05) is 6.04 Å². The lowest BCUT2D eigenvalue weighted by Crippen LogP contribution is -2.49. The van der Waals surface area contributed by atoms with E-state index in [1.807, 2.05) is 0 Å². The number of ether oxygens (including phenoxy) is 1. The molecular weight excluding hydrogens is 321 g/mol. The molecule has 0 aliphatic carbocycles. The van der Waals surface area contributed by atoms with Crippen LogP contribution in [0.5, 0.6) is 5.88 Å². The molecular formula is C16H23ClFN3O2. The van der Waals surface area contributed by atoms with Gasteiger partial charge in [0.15, 0.2) is 0 Å². The molecule has 1 N–H and O–H groups in total. The maximum Gasteiger partial charge on any atom is 0.232 e. The van der Waals surface area contributed by atoms with E-state index in [4.69, 9.17) is 16.3 Å². The SMILES string of the molecule is CN1CCC(NC(=O)C(C)(C)COc2ncc(F)cc2Cl)CC1. The smallest absolute Gasteiger partial charge is 0.232 e. The molecule has 1 fully saturated rings. The molecule has 128 valence electrons. The van der Waals surface area contributed by atoms with Gasteiger partial charge in [0.1, 0.15) is 17.4 Å². The standard InChI is InChI=1S/C16H23ClFN3O2/c1-16(2,10-23-14-13(17)8-11(18)9-19-14)15(22)20-12-4-6-21(3)7-5-12/h8-9,12H,4-7,10H2,1-3H3,(H,20,22). The average molecular weight is 344 g/mol. The van der Waals surface area contributed by atoms with Gasteiger partial charge >= 0.3 is 0 Å². The molecule has 5 nitrogen and oxygen atoms in total. The third kappa shape index (κ3) is 5.04.